The minimum atomic E-state index is -3.01. The molecule has 96 valence electrons. The van der Waals surface area contributed by atoms with E-state index in [1.54, 1.807) is 0 Å². The number of halogens is 3. The lowest BCUT2D eigenvalue weighted by atomic mass is 10.0. The molecule has 7 heteroatoms. The molecule has 1 aliphatic rings. The van der Waals surface area contributed by atoms with Gasteiger partial charge in [-0.3, -0.25) is 4.79 Å². The highest BCUT2D eigenvalue weighted by molar-refractivity contribution is 5.85. The fraction of sp³-hybridized carbons (Fsp3) is 0.889. The van der Waals surface area contributed by atoms with E-state index in [2.05, 4.69) is 5.32 Å². The van der Waals surface area contributed by atoms with Gasteiger partial charge in [0.15, 0.2) is 0 Å². The molecule has 1 unspecified atom stereocenters. The SMILES string of the molecule is Cl.NCC(F)(F)CNC(=O)CC1CCOC1. The maximum atomic E-state index is 12.7. The molecule has 16 heavy (non-hydrogen) atoms. The second kappa shape index (κ2) is 6.98. The summed E-state index contributed by atoms with van der Waals surface area (Å²) in [6, 6.07) is 0. The molecule has 0 aliphatic carbocycles. The summed E-state index contributed by atoms with van der Waals surface area (Å²) in [5.74, 6) is -3.21. The molecule has 1 aliphatic heterocycles. The van der Waals surface area contributed by atoms with E-state index in [0.29, 0.717) is 13.2 Å². The number of carbonyl (C=O) groups excluding carboxylic acids is 1. The largest absolute Gasteiger partial charge is 0.381 e. The summed E-state index contributed by atoms with van der Waals surface area (Å²) in [5.41, 5.74) is 4.83. The average molecular weight is 259 g/mol. The first-order chi connectivity index (χ1) is 7.03. The van der Waals surface area contributed by atoms with Crippen molar-refractivity contribution < 1.29 is 18.3 Å². The van der Waals surface area contributed by atoms with Gasteiger partial charge in [-0.05, 0) is 12.3 Å². The number of hydrogen-bond donors (Lipinski definition) is 2. The summed E-state index contributed by atoms with van der Waals surface area (Å²) in [6.07, 6.45) is 1.07. The Morgan fingerprint density at radius 3 is 2.75 bits per heavy atom. The van der Waals surface area contributed by atoms with Gasteiger partial charge in [0, 0.05) is 19.6 Å². The highest BCUT2D eigenvalue weighted by Gasteiger charge is 2.28. The quantitative estimate of drug-likeness (QED) is 0.757. The van der Waals surface area contributed by atoms with E-state index < -0.39 is 19.0 Å². The standard InChI is InChI=1S/C9H16F2N2O2.ClH/c10-9(11,5-12)6-13-8(14)3-7-1-2-15-4-7;/h7H,1-6,12H2,(H,13,14);1H. The molecule has 0 bridgehead atoms. The molecular weight excluding hydrogens is 242 g/mol. The van der Waals surface area contributed by atoms with Crippen LogP contribution >= 0.6 is 12.4 Å². The van der Waals surface area contributed by atoms with Gasteiger partial charge in [0.1, 0.15) is 0 Å². The molecule has 0 saturated carbocycles. The second-order valence-electron chi connectivity index (χ2n) is 3.77. The van der Waals surface area contributed by atoms with Crippen molar-refractivity contribution in [3.63, 3.8) is 0 Å². The van der Waals surface area contributed by atoms with E-state index in [-0.39, 0.29) is 30.7 Å². The summed E-state index contributed by atoms with van der Waals surface area (Å²) in [4.78, 5) is 11.2. The normalized spacial score (nSPS) is 20.3. The van der Waals surface area contributed by atoms with Crippen LogP contribution in [0.25, 0.3) is 0 Å². The number of rotatable bonds is 5. The summed E-state index contributed by atoms with van der Waals surface area (Å²) < 4.78 is 30.4. The molecule has 1 atom stereocenters. The van der Waals surface area contributed by atoms with Crippen LogP contribution in [0.3, 0.4) is 0 Å². The third-order valence-corrected chi connectivity index (χ3v) is 2.34. The van der Waals surface area contributed by atoms with Crippen molar-refractivity contribution in [2.24, 2.45) is 11.7 Å². The van der Waals surface area contributed by atoms with Crippen LogP contribution in [0.5, 0.6) is 0 Å². The number of nitrogens with two attached hydrogens (primary N) is 1. The third-order valence-electron chi connectivity index (χ3n) is 2.34. The Morgan fingerprint density at radius 2 is 2.25 bits per heavy atom. The van der Waals surface area contributed by atoms with Gasteiger partial charge in [0.2, 0.25) is 5.91 Å². The lowest BCUT2D eigenvalue weighted by molar-refractivity contribution is -0.123. The molecule has 0 spiro atoms. The van der Waals surface area contributed by atoms with Crippen LogP contribution in [-0.2, 0) is 9.53 Å². The topological polar surface area (TPSA) is 64.3 Å². The monoisotopic (exact) mass is 258 g/mol. The van der Waals surface area contributed by atoms with E-state index >= 15 is 0 Å². The highest BCUT2D eigenvalue weighted by Crippen LogP contribution is 2.16. The van der Waals surface area contributed by atoms with E-state index in [0.717, 1.165) is 6.42 Å². The fourth-order valence-electron chi connectivity index (χ4n) is 1.38. The molecule has 1 heterocycles. The Labute approximate surface area is 99.3 Å². The number of carbonyl (C=O) groups is 1. The number of nitrogens with one attached hydrogen (secondary N) is 1. The van der Waals surface area contributed by atoms with Crippen LogP contribution in [-0.4, -0.2) is 38.1 Å². The predicted octanol–water partition coefficient (Wildman–Crippen LogP) is 0.545. The summed E-state index contributed by atoms with van der Waals surface area (Å²) in [6.45, 7) is -0.243. The Hall–Kier alpha value is -0.460. The van der Waals surface area contributed by atoms with Crippen LogP contribution in [0.4, 0.5) is 8.78 Å². The minimum absolute atomic E-state index is 0. The van der Waals surface area contributed by atoms with Crippen LogP contribution in [0.2, 0.25) is 0 Å². The van der Waals surface area contributed by atoms with Crippen molar-refractivity contribution in [1.82, 2.24) is 5.32 Å². The van der Waals surface area contributed by atoms with E-state index in [9.17, 15) is 13.6 Å². The number of alkyl halides is 2. The molecule has 3 N–H and O–H groups in total. The lowest BCUT2D eigenvalue weighted by Crippen LogP contribution is -2.41. The van der Waals surface area contributed by atoms with Crippen LogP contribution < -0.4 is 11.1 Å². The van der Waals surface area contributed by atoms with E-state index in [1.165, 1.54) is 0 Å². The zero-order valence-corrected chi connectivity index (χ0v) is 9.69. The number of ether oxygens (including phenoxy) is 1. The Kier molecular flexibility index (Phi) is 6.78. The van der Waals surface area contributed by atoms with Gasteiger partial charge in [-0.2, -0.15) is 0 Å². The smallest absolute Gasteiger partial charge is 0.277 e. The van der Waals surface area contributed by atoms with Gasteiger partial charge in [0.25, 0.3) is 5.92 Å². The second-order valence-corrected chi connectivity index (χ2v) is 3.77. The lowest BCUT2D eigenvalue weighted by Gasteiger charge is -2.15. The van der Waals surface area contributed by atoms with Crippen molar-refractivity contribution in [1.29, 1.82) is 0 Å². The van der Waals surface area contributed by atoms with Crippen molar-refractivity contribution >= 4 is 18.3 Å². The zero-order valence-electron chi connectivity index (χ0n) is 8.88. The third kappa shape index (κ3) is 5.58. The molecule has 0 aromatic carbocycles. The number of hydrogen-bond acceptors (Lipinski definition) is 3. The minimum Gasteiger partial charge on any atom is -0.381 e. The average Bonchev–Trinajstić information content (AvgIpc) is 2.68. The van der Waals surface area contributed by atoms with Crippen LogP contribution in [0.1, 0.15) is 12.8 Å². The van der Waals surface area contributed by atoms with Crippen molar-refractivity contribution in [3.8, 4) is 0 Å². The van der Waals surface area contributed by atoms with Gasteiger partial charge >= 0.3 is 0 Å². The summed E-state index contributed by atoms with van der Waals surface area (Å²) in [7, 11) is 0. The predicted molar refractivity (Wildman–Crippen MR) is 57.8 cm³/mol. The maximum Gasteiger partial charge on any atom is 0.277 e. The van der Waals surface area contributed by atoms with Gasteiger partial charge < -0.3 is 15.8 Å². The Morgan fingerprint density at radius 1 is 1.56 bits per heavy atom. The molecule has 1 amide bonds. The first-order valence-electron chi connectivity index (χ1n) is 4.96. The van der Waals surface area contributed by atoms with Crippen LogP contribution in [0.15, 0.2) is 0 Å². The van der Waals surface area contributed by atoms with Gasteiger partial charge in [-0.25, -0.2) is 8.78 Å². The van der Waals surface area contributed by atoms with Gasteiger partial charge in [0.05, 0.1) is 13.1 Å². The molecular formula is C9H17ClF2N2O2. The van der Waals surface area contributed by atoms with Crippen molar-refractivity contribution in [2.45, 2.75) is 18.8 Å². The highest BCUT2D eigenvalue weighted by atomic mass is 35.5. The van der Waals surface area contributed by atoms with Crippen molar-refractivity contribution in [2.75, 3.05) is 26.3 Å². The Balaban J connectivity index is 0.00000225. The zero-order chi connectivity index (χ0) is 11.3. The van der Waals surface area contributed by atoms with Gasteiger partial charge in [-0.1, -0.05) is 0 Å². The van der Waals surface area contributed by atoms with Gasteiger partial charge in [-0.15, -0.1) is 12.4 Å². The van der Waals surface area contributed by atoms with E-state index in [4.69, 9.17) is 10.5 Å². The fourth-order valence-corrected chi connectivity index (χ4v) is 1.38. The number of amides is 1. The molecule has 0 aromatic rings. The molecule has 1 saturated heterocycles. The summed E-state index contributed by atoms with van der Waals surface area (Å²) >= 11 is 0. The molecule has 1 fully saturated rings. The molecule has 1 rings (SSSR count). The molecule has 0 aromatic heterocycles. The Bertz CT molecular complexity index is 224. The van der Waals surface area contributed by atoms with E-state index in [1.807, 2.05) is 0 Å². The molecule has 4 nitrogen and oxygen atoms in total. The summed E-state index contributed by atoms with van der Waals surface area (Å²) in [5, 5.41) is 2.18. The first kappa shape index (κ1) is 15.5. The van der Waals surface area contributed by atoms with Crippen molar-refractivity contribution in [3.05, 3.63) is 0 Å². The maximum absolute atomic E-state index is 12.7. The molecule has 0 radical (unpaired) electrons. The first-order valence-corrected chi connectivity index (χ1v) is 4.96. The van der Waals surface area contributed by atoms with Crippen LogP contribution in [0, 0.1) is 5.92 Å².